The number of benzene rings is 2. The average Bonchev–Trinajstić information content (AvgIpc) is 3.14. The second-order valence-corrected chi connectivity index (χ2v) is 9.77. The van der Waals surface area contributed by atoms with Gasteiger partial charge in [-0.2, -0.15) is 5.10 Å². The normalized spacial score (nSPS) is 27.7. The summed E-state index contributed by atoms with van der Waals surface area (Å²) >= 11 is 0. The smallest absolute Gasteiger partial charge is 0.123 e. The number of hydrogen-bond acceptors (Lipinski definition) is 3. The first-order chi connectivity index (χ1) is 15.5. The number of hydrogen-bond donors (Lipinski definition) is 1. The fraction of sp³-hybridized carbons (Fsp3) is 0.519. The number of ether oxygens (including phenoxy) is 1. The Morgan fingerprint density at radius 2 is 2.00 bits per heavy atom. The van der Waals surface area contributed by atoms with Gasteiger partial charge in [0.05, 0.1) is 29.6 Å². The van der Waals surface area contributed by atoms with Crippen molar-refractivity contribution in [2.75, 3.05) is 13.2 Å². The Balaban J connectivity index is 1.57. The van der Waals surface area contributed by atoms with Gasteiger partial charge in [0.25, 0.3) is 0 Å². The molecule has 32 heavy (non-hydrogen) atoms. The zero-order valence-electron chi connectivity index (χ0n) is 19.1. The van der Waals surface area contributed by atoms with Crippen molar-refractivity contribution in [3.63, 3.8) is 0 Å². The minimum absolute atomic E-state index is 0.0937. The number of aliphatic hydroxyl groups is 1. The quantitative estimate of drug-likeness (QED) is 0.557. The van der Waals surface area contributed by atoms with Gasteiger partial charge in [0, 0.05) is 12.0 Å². The van der Waals surface area contributed by atoms with Crippen molar-refractivity contribution in [1.29, 1.82) is 0 Å². The fourth-order valence-corrected chi connectivity index (χ4v) is 6.34. The largest absolute Gasteiger partial charge is 0.387 e. The third kappa shape index (κ3) is 3.56. The Hall–Kier alpha value is -2.24. The van der Waals surface area contributed by atoms with Crippen molar-refractivity contribution in [1.82, 2.24) is 9.78 Å². The molecule has 1 aromatic heterocycles. The van der Waals surface area contributed by atoms with Crippen LogP contribution in [0.15, 0.2) is 42.6 Å². The second-order valence-electron chi connectivity index (χ2n) is 9.77. The van der Waals surface area contributed by atoms with Crippen molar-refractivity contribution >= 4 is 10.9 Å². The van der Waals surface area contributed by atoms with E-state index in [1.165, 1.54) is 23.3 Å². The molecule has 1 saturated carbocycles. The van der Waals surface area contributed by atoms with Gasteiger partial charge in [-0.05, 0) is 111 Å². The van der Waals surface area contributed by atoms with E-state index in [9.17, 15) is 9.50 Å². The highest BCUT2D eigenvalue weighted by molar-refractivity contribution is 5.82. The maximum atomic E-state index is 13.4. The molecule has 2 aromatic carbocycles. The molecular formula is C27H33FN2O2. The van der Waals surface area contributed by atoms with Crippen molar-refractivity contribution in [2.45, 2.75) is 69.8 Å². The van der Waals surface area contributed by atoms with E-state index in [1.807, 2.05) is 17.8 Å². The molecule has 2 aliphatic carbocycles. The molecule has 0 unspecified atom stereocenters. The van der Waals surface area contributed by atoms with Crippen LogP contribution in [0, 0.1) is 11.7 Å². The zero-order valence-corrected chi connectivity index (χ0v) is 19.1. The first-order valence-electron chi connectivity index (χ1n) is 12.1. The van der Waals surface area contributed by atoms with Gasteiger partial charge in [-0.1, -0.05) is 6.92 Å². The lowest BCUT2D eigenvalue weighted by Crippen LogP contribution is -2.49. The van der Waals surface area contributed by atoms with Crippen LogP contribution in [0.4, 0.5) is 4.39 Å². The molecule has 2 aliphatic rings. The van der Waals surface area contributed by atoms with Crippen LogP contribution >= 0.6 is 0 Å². The number of halogens is 1. The Morgan fingerprint density at radius 3 is 2.75 bits per heavy atom. The molecule has 0 radical (unpaired) electrons. The van der Waals surface area contributed by atoms with Crippen LogP contribution in [0.1, 0.15) is 63.5 Å². The third-order valence-corrected chi connectivity index (χ3v) is 8.05. The Morgan fingerprint density at radius 1 is 1.19 bits per heavy atom. The van der Waals surface area contributed by atoms with Gasteiger partial charge in [-0.15, -0.1) is 0 Å². The van der Waals surface area contributed by atoms with Gasteiger partial charge in [-0.3, -0.25) is 0 Å². The first-order valence-corrected chi connectivity index (χ1v) is 12.1. The van der Waals surface area contributed by atoms with Crippen LogP contribution in [0.5, 0.6) is 0 Å². The standard InChI is InChI=1S/C27H33FN2O2/c1-3-27-13-12-26(31,18-32-4-2)16-21(27)7-5-6-19-15-25-20(14-24(19)27)17-29-30(25)23-10-8-22(28)9-11-23/h8-11,14-15,17,21,31H,3-7,12-13,16,18H2,1-2H3/t21-,26+,27-/m1/s1. The summed E-state index contributed by atoms with van der Waals surface area (Å²) in [4.78, 5) is 0. The minimum atomic E-state index is -0.707. The highest BCUT2D eigenvalue weighted by atomic mass is 19.1. The number of fused-ring (bicyclic) bond motifs is 4. The highest BCUT2D eigenvalue weighted by Crippen LogP contribution is 2.54. The summed E-state index contributed by atoms with van der Waals surface area (Å²) in [6.07, 6.45) is 8.89. The summed E-state index contributed by atoms with van der Waals surface area (Å²) in [7, 11) is 0. The molecule has 0 spiro atoms. The minimum Gasteiger partial charge on any atom is -0.387 e. The van der Waals surface area contributed by atoms with E-state index in [-0.39, 0.29) is 11.2 Å². The molecule has 170 valence electrons. The van der Waals surface area contributed by atoms with E-state index in [2.05, 4.69) is 24.2 Å². The number of aryl methyl sites for hydroxylation is 1. The third-order valence-electron chi connectivity index (χ3n) is 8.05. The molecule has 0 amide bonds. The van der Waals surface area contributed by atoms with E-state index < -0.39 is 5.60 Å². The first kappa shape index (κ1) is 21.6. The molecule has 1 N–H and O–H groups in total. The number of aromatic nitrogens is 2. The van der Waals surface area contributed by atoms with Gasteiger partial charge in [0.2, 0.25) is 0 Å². The van der Waals surface area contributed by atoms with Crippen molar-refractivity contribution in [2.24, 2.45) is 5.92 Å². The van der Waals surface area contributed by atoms with Crippen LogP contribution in [0.3, 0.4) is 0 Å². The molecular weight excluding hydrogens is 403 g/mol. The molecule has 0 bridgehead atoms. The van der Waals surface area contributed by atoms with Crippen LogP contribution < -0.4 is 0 Å². The van der Waals surface area contributed by atoms with Crippen molar-refractivity contribution in [3.8, 4) is 5.69 Å². The van der Waals surface area contributed by atoms with E-state index in [1.54, 1.807) is 12.1 Å². The van der Waals surface area contributed by atoms with Crippen molar-refractivity contribution < 1.29 is 14.2 Å². The molecule has 0 saturated heterocycles. The van der Waals surface area contributed by atoms with Crippen LogP contribution in [-0.2, 0) is 16.6 Å². The van der Waals surface area contributed by atoms with Crippen LogP contribution in [-0.4, -0.2) is 33.7 Å². The fourth-order valence-electron chi connectivity index (χ4n) is 6.34. The van der Waals surface area contributed by atoms with Crippen LogP contribution in [0.25, 0.3) is 16.6 Å². The summed E-state index contributed by atoms with van der Waals surface area (Å²) in [5.74, 6) is 0.217. The highest BCUT2D eigenvalue weighted by Gasteiger charge is 2.50. The van der Waals surface area contributed by atoms with E-state index >= 15 is 0 Å². The van der Waals surface area contributed by atoms with Crippen molar-refractivity contribution in [3.05, 3.63) is 59.5 Å². The predicted molar refractivity (Wildman–Crippen MR) is 125 cm³/mol. The predicted octanol–water partition coefficient (Wildman–Crippen LogP) is 5.72. The molecule has 0 aliphatic heterocycles. The van der Waals surface area contributed by atoms with Gasteiger partial charge in [-0.25, -0.2) is 9.07 Å². The Bertz CT molecular complexity index is 1110. The Kier molecular flexibility index (Phi) is 5.58. The molecule has 3 aromatic rings. The zero-order chi connectivity index (χ0) is 22.3. The Labute approximate surface area is 189 Å². The molecule has 5 rings (SSSR count). The van der Waals surface area contributed by atoms with Gasteiger partial charge in [0.1, 0.15) is 5.82 Å². The molecule has 5 heteroatoms. The average molecular weight is 437 g/mol. The summed E-state index contributed by atoms with van der Waals surface area (Å²) < 4.78 is 21.0. The van der Waals surface area contributed by atoms with Crippen LogP contribution in [0.2, 0.25) is 0 Å². The molecule has 1 heterocycles. The summed E-state index contributed by atoms with van der Waals surface area (Å²) in [5, 5.41) is 17.0. The van der Waals surface area contributed by atoms with Gasteiger partial charge in [0.15, 0.2) is 0 Å². The lowest BCUT2D eigenvalue weighted by atomic mass is 9.57. The molecule has 3 atom stereocenters. The van der Waals surface area contributed by atoms with E-state index in [4.69, 9.17) is 4.74 Å². The van der Waals surface area contributed by atoms with Gasteiger partial charge < -0.3 is 9.84 Å². The number of nitrogens with zero attached hydrogens (tertiary/aromatic N) is 2. The lowest BCUT2D eigenvalue weighted by molar-refractivity contribution is -0.0975. The van der Waals surface area contributed by atoms with E-state index in [0.717, 1.165) is 61.5 Å². The maximum Gasteiger partial charge on any atom is 0.123 e. The number of rotatable bonds is 5. The second kappa shape index (κ2) is 8.27. The van der Waals surface area contributed by atoms with Gasteiger partial charge >= 0.3 is 0 Å². The lowest BCUT2D eigenvalue weighted by Gasteiger charge is -2.50. The summed E-state index contributed by atoms with van der Waals surface area (Å²) in [6.45, 7) is 5.38. The summed E-state index contributed by atoms with van der Waals surface area (Å²) in [5.41, 5.74) is 4.19. The molecule has 4 nitrogen and oxygen atoms in total. The summed E-state index contributed by atoms with van der Waals surface area (Å²) in [6, 6.07) is 11.2. The topological polar surface area (TPSA) is 47.3 Å². The van der Waals surface area contributed by atoms with E-state index in [0.29, 0.717) is 19.1 Å². The SMILES string of the molecule is CCOC[C@]1(O)CC[C@@]2(CC)c3cc4cnn(-c5ccc(F)cc5)c4cc3CCC[C@@H]2C1. The monoisotopic (exact) mass is 436 g/mol. The molecule has 1 fully saturated rings. The maximum absolute atomic E-state index is 13.4.